The van der Waals surface area contributed by atoms with Gasteiger partial charge in [-0.25, -0.2) is 4.79 Å². The van der Waals surface area contributed by atoms with Crippen molar-refractivity contribution in [2.75, 3.05) is 18.5 Å². The zero-order valence-corrected chi connectivity index (χ0v) is 15.0. The van der Waals surface area contributed by atoms with Crippen molar-refractivity contribution in [2.45, 2.75) is 44.1 Å². The second-order valence-electron chi connectivity index (χ2n) is 8.55. The molecular weight excluding hydrogens is 350 g/mol. The summed E-state index contributed by atoms with van der Waals surface area (Å²) in [5, 5.41) is 17.3. The van der Waals surface area contributed by atoms with Gasteiger partial charge in [-0.05, 0) is 56.3 Å². The van der Waals surface area contributed by atoms with E-state index in [1.807, 2.05) is 0 Å². The Kier molecular flexibility index (Phi) is 3.70. The fraction of sp³-hybridized carbons (Fsp3) is 0.632. The normalized spacial score (nSPS) is 32.8. The smallest absolute Gasteiger partial charge is 0.319 e. The maximum absolute atomic E-state index is 12.7. The van der Waals surface area contributed by atoms with Crippen LogP contribution in [0.15, 0.2) is 12.1 Å². The standard InChI is InChI=1S/C19H23N3O5/c23-18(21-19-8-11-3-12(9-19)5-13(4-11)10-19)20-14-6-16-17(27-2-1-26-16)7-15(14)22(24)25/h6-7,11-13H,1-5,8-10H2,(H2,20,21,23). The van der Waals surface area contributed by atoms with Gasteiger partial charge in [-0.1, -0.05) is 0 Å². The number of carbonyl (C=O) groups excluding carboxylic acids is 1. The molecule has 1 aromatic rings. The van der Waals surface area contributed by atoms with E-state index < -0.39 is 4.92 Å². The summed E-state index contributed by atoms with van der Waals surface area (Å²) >= 11 is 0. The summed E-state index contributed by atoms with van der Waals surface area (Å²) in [7, 11) is 0. The molecule has 27 heavy (non-hydrogen) atoms. The van der Waals surface area contributed by atoms with E-state index in [1.165, 1.54) is 31.4 Å². The van der Waals surface area contributed by atoms with Crippen molar-refractivity contribution in [3.05, 3.63) is 22.2 Å². The quantitative estimate of drug-likeness (QED) is 0.624. The van der Waals surface area contributed by atoms with Gasteiger partial charge in [-0.2, -0.15) is 0 Å². The molecule has 2 N–H and O–H groups in total. The average Bonchev–Trinajstić information content (AvgIpc) is 2.59. The van der Waals surface area contributed by atoms with Crippen molar-refractivity contribution in [3.63, 3.8) is 0 Å². The number of ether oxygens (including phenoxy) is 2. The SMILES string of the molecule is O=C(Nc1cc2c(cc1[N+](=O)[O-])OCCO2)NC12CC3CC(CC(C3)C1)C2. The van der Waals surface area contributed by atoms with Crippen LogP contribution in [-0.4, -0.2) is 29.7 Å². The molecule has 0 atom stereocenters. The van der Waals surface area contributed by atoms with Crippen molar-refractivity contribution < 1.29 is 19.2 Å². The van der Waals surface area contributed by atoms with Gasteiger partial charge in [0.25, 0.3) is 5.69 Å². The minimum atomic E-state index is -0.515. The Morgan fingerprint density at radius 3 is 2.15 bits per heavy atom. The molecule has 4 aliphatic carbocycles. The number of benzene rings is 1. The molecule has 1 heterocycles. The Bertz CT molecular complexity index is 773. The summed E-state index contributed by atoms with van der Waals surface area (Å²) in [5.74, 6) is 2.87. The number of hydrogen-bond donors (Lipinski definition) is 2. The van der Waals surface area contributed by atoms with Gasteiger partial charge in [0.2, 0.25) is 0 Å². The lowest BCUT2D eigenvalue weighted by atomic mass is 9.53. The molecule has 0 unspecified atom stereocenters. The average molecular weight is 373 g/mol. The molecule has 0 aromatic heterocycles. The Labute approximate surface area is 156 Å². The molecule has 4 bridgehead atoms. The third-order valence-corrected chi connectivity index (χ3v) is 6.52. The van der Waals surface area contributed by atoms with E-state index in [0.717, 1.165) is 19.3 Å². The lowest BCUT2D eigenvalue weighted by Gasteiger charge is -2.56. The van der Waals surface area contributed by atoms with Crippen LogP contribution in [0.25, 0.3) is 0 Å². The summed E-state index contributed by atoms with van der Waals surface area (Å²) in [6.45, 7) is 0.729. The van der Waals surface area contributed by atoms with Crippen molar-refractivity contribution >= 4 is 17.4 Å². The highest BCUT2D eigenvalue weighted by atomic mass is 16.6. The van der Waals surface area contributed by atoms with E-state index in [1.54, 1.807) is 0 Å². The summed E-state index contributed by atoms with van der Waals surface area (Å²) in [5.41, 5.74) is -0.215. The second kappa shape index (κ2) is 6.00. The third-order valence-electron chi connectivity index (χ3n) is 6.52. The van der Waals surface area contributed by atoms with Gasteiger partial charge in [0.05, 0.1) is 11.0 Å². The molecule has 1 aromatic carbocycles. The number of fused-ring (bicyclic) bond motifs is 1. The molecule has 1 aliphatic heterocycles. The molecule has 8 heteroatoms. The molecule has 8 nitrogen and oxygen atoms in total. The van der Waals surface area contributed by atoms with Crippen LogP contribution in [0.5, 0.6) is 11.5 Å². The van der Waals surface area contributed by atoms with E-state index in [2.05, 4.69) is 10.6 Å². The summed E-state index contributed by atoms with van der Waals surface area (Å²) in [6.07, 6.45) is 6.93. The van der Waals surface area contributed by atoms with Crippen molar-refractivity contribution in [1.82, 2.24) is 5.32 Å². The van der Waals surface area contributed by atoms with Crippen LogP contribution in [0, 0.1) is 27.9 Å². The minimum Gasteiger partial charge on any atom is -0.486 e. The molecule has 5 aliphatic rings. The molecular formula is C19H23N3O5. The van der Waals surface area contributed by atoms with Crippen LogP contribution in [0.1, 0.15) is 38.5 Å². The molecule has 144 valence electrons. The van der Waals surface area contributed by atoms with E-state index in [9.17, 15) is 14.9 Å². The maximum Gasteiger partial charge on any atom is 0.319 e. The minimum absolute atomic E-state index is 0.131. The molecule has 0 spiro atoms. The van der Waals surface area contributed by atoms with Crippen molar-refractivity contribution in [3.8, 4) is 11.5 Å². The van der Waals surface area contributed by atoms with Crippen LogP contribution < -0.4 is 20.1 Å². The predicted octanol–water partition coefficient (Wildman–Crippen LogP) is 3.46. The van der Waals surface area contributed by atoms with Crippen LogP contribution in [0.4, 0.5) is 16.2 Å². The first kappa shape index (κ1) is 16.6. The number of nitro benzene ring substituents is 1. The first-order valence-corrected chi connectivity index (χ1v) is 9.67. The van der Waals surface area contributed by atoms with Gasteiger partial charge < -0.3 is 20.1 Å². The molecule has 0 saturated heterocycles. The fourth-order valence-electron chi connectivity index (χ4n) is 5.99. The zero-order valence-electron chi connectivity index (χ0n) is 15.0. The predicted molar refractivity (Wildman–Crippen MR) is 97.1 cm³/mol. The van der Waals surface area contributed by atoms with E-state index in [-0.39, 0.29) is 22.9 Å². The number of urea groups is 1. The van der Waals surface area contributed by atoms with E-state index in [0.29, 0.717) is 42.5 Å². The van der Waals surface area contributed by atoms with Crippen LogP contribution in [-0.2, 0) is 0 Å². The number of amides is 2. The Morgan fingerprint density at radius 2 is 1.59 bits per heavy atom. The maximum atomic E-state index is 12.7. The molecule has 6 rings (SSSR count). The summed E-state index contributed by atoms with van der Waals surface area (Å²) in [6, 6.07) is 2.41. The number of nitro groups is 1. The second-order valence-corrected chi connectivity index (χ2v) is 8.55. The van der Waals surface area contributed by atoms with Gasteiger partial charge >= 0.3 is 6.03 Å². The van der Waals surface area contributed by atoms with Crippen molar-refractivity contribution in [2.24, 2.45) is 17.8 Å². The third kappa shape index (κ3) is 2.96. The monoisotopic (exact) mass is 373 g/mol. The van der Waals surface area contributed by atoms with Crippen LogP contribution in [0.3, 0.4) is 0 Å². The highest BCUT2D eigenvalue weighted by molar-refractivity contribution is 5.93. The van der Waals surface area contributed by atoms with Crippen LogP contribution in [0.2, 0.25) is 0 Å². The number of nitrogens with one attached hydrogen (secondary N) is 2. The van der Waals surface area contributed by atoms with Crippen molar-refractivity contribution in [1.29, 1.82) is 0 Å². The first-order chi connectivity index (χ1) is 13.0. The Morgan fingerprint density at radius 1 is 1.04 bits per heavy atom. The van der Waals surface area contributed by atoms with Gasteiger partial charge in [0.1, 0.15) is 18.9 Å². The lowest BCUT2D eigenvalue weighted by Crippen LogP contribution is -2.60. The summed E-state index contributed by atoms with van der Waals surface area (Å²) in [4.78, 5) is 23.6. The topological polar surface area (TPSA) is 103 Å². The van der Waals surface area contributed by atoms with Gasteiger partial charge in [-0.3, -0.25) is 10.1 Å². The molecule has 2 amide bonds. The zero-order chi connectivity index (χ0) is 18.6. The summed E-state index contributed by atoms with van der Waals surface area (Å²) < 4.78 is 10.9. The first-order valence-electron chi connectivity index (χ1n) is 9.67. The van der Waals surface area contributed by atoms with Gasteiger partial charge in [0.15, 0.2) is 11.5 Å². The molecule has 4 fully saturated rings. The van der Waals surface area contributed by atoms with Gasteiger partial charge in [0, 0.05) is 11.6 Å². The molecule has 4 saturated carbocycles. The lowest BCUT2D eigenvalue weighted by molar-refractivity contribution is -0.384. The molecule has 0 radical (unpaired) electrons. The fourth-order valence-corrected chi connectivity index (χ4v) is 5.99. The number of nitrogens with zero attached hydrogens (tertiary/aromatic N) is 1. The highest BCUT2D eigenvalue weighted by Crippen LogP contribution is 2.55. The number of carbonyl (C=O) groups is 1. The Hall–Kier alpha value is -2.51. The number of rotatable bonds is 3. The van der Waals surface area contributed by atoms with E-state index in [4.69, 9.17) is 9.47 Å². The van der Waals surface area contributed by atoms with Crippen LogP contribution >= 0.6 is 0 Å². The Balaban J connectivity index is 1.36. The highest BCUT2D eigenvalue weighted by Gasteiger charge is 2.51. The van der Waals surface area contributed by atoms with Gasteiger partial charge in [-0.15, -0.1) is 0 Å². The number of hydrogen-bond acceptors (Lipinski definition) is 5. The largest absolute Gasteiger partial charge is 0.486 e. The van der Waals surface area contributed by atoms with E-state index >= 15 is 0 Å². The number of anilines is 1.